The number of rotatable bonds is 2. The summed E-state index contributed by atoms with van der Waals surface area (Å²) in [4.78, 5) is 0. The molecular weight excluding hydrogens is 272 g/mol. The van der Waals surface area contributed by atoms with Crippen LogP contribution in [0.5, 0.6) is 11.5 Å². The van der Waals surface area contributed by atoms with Gasteiger partial charge < -0.3 is 10.2 Å². The number of aromatic hydroxyl groups is 2. The van der Waals surface area contributed by atoms with E-state index in [1.165, 1.54) is 0 Å². The summed E-state index contributed by atoms with van der Waals surface area (Å²) in [7, 11) is 0. The van der Waals surface area contributed by atoms with Crippen LogP contribution in [0.25, 0.3) is 22.3 Å². The van der Waals surface area contributed by atoms with Crippen molar-refractivity contribution < 1.29 is 10.2 Å². The van der Waals surface area contributed by atoms with Crippen LogP contribution >= 0.6 is 0 Å². The average Bonchev–Trinajstić information content (AvgIpc) is 2.53. The summed E-state index contributed by atoms with van der Waals surface area (Å²) in [6.45, 7) is 3.79. The van der Waals surface area contributed by atoms with E-state index in [0.29, 0.717) is 11.5 Å². The molecule has 0 spiro atoms. The first-order chi connectivity index (χ1) is 10.5. The van der Waals surface area contributed by atoms with Crippen molar-refractivity contribution in [1.29, 1.82) is 0 Å². The molecule has 3 rings (SSSR count). The lowest BCUT2D eigenvalue weighted by Gasteiger charge is -2.09. The van der Waals surface area contributed by atoms with Crippen molar-refractivity contribution in [3.63, 3.8) is 0 Å². The molecule has 0 atom stereocenters. The van der Waals surface area contributed by atoms with E-state index in [1.807, 2.05) is 44.2 Å². The number of hydrogen-bond donors (Lipinski definition) is 2. The average molecular weight is 290 g/mol. The maximum atomic E-state index is 9.66. The molecule has 0 unspecified atom stereocenters. The van der Waals surface area contributed by atoms with Gasteiger partial charge in [-0.25, -0.2) is 0 Å². The summed E-state index contributed by atoms with van der Waals surface area (Å²) < 4.78 is 0. The van der Waals surface area contributed by atoms with Crippen LogP contribution in [0.3, 0.4) is 0 Å². The zero-order valence-corrected chi connectivity index (χ0v) is 12.7. The van der Waals surface area contributed by atoms with Crippen LogP contribution in [0.1, 0.15) is 11.1 Å². The molecule has 0 heterocycles. The van der Waals surface area contributed by atoms with E-state index in [-0.39, 0.29) is 0 Å². The Labute approximate surface area is 130 Å². The van der Waals surface area contributed by atoms with Crippen LogP contribution in [0.4, 0.5) is 0 Å². The van der Waals surface area contributed by atoms with Gasteiger partial charge in [-0.05, 0) is 77.6 Å². The summed E-state index contributed by atoms with van der Waals surface area (Å²) in [5.74, 6) is 0.628. The standard InChI is InChI=1S/C20H18O2/c1-13-10-17(6-8-19(13)21)15-4-3-5-16(12-15)18-7-9-20(22)14(2)11-18/h3-12,21-22H,1-2H3. The Balaban J connectivity index is 2.05. The fraction of sp³-hybridized carbons (Fsp3) is 0.100. The Hall–Kier alpha value is -2.74. The topological polar surface area (TPSA) is 40.5 Å². The van der Waals surface area contributed by atoms with Crippen LogP contribution in [-0.4, -0.2) is 10.2 Å². The lowest BCUT2D eigenvalue weighted by Crippen LogP contribution is -1.84. The molecule has 0 aliphatic heterocycles. The minimum absolute atomic E-state index is 0.314. The van der Waals surface area contributed by atoms with E-state index in [2.05, 4.69) is 18.2 Å². The molecule has 0 aliphatic rings. The van der Waals surface area contributed by atoms with E-state index in [0.717, 1.165) is 33.4 Å². The third-order valence-electron chi connectivity index (χ3n) is 3.92. The van der Waals surface area contributed by atoms with E-state index < -0.39 is 0 Å². The first kappa shape index (κ1) is 14.2. The highest BCUT2D eigenvalue weighted by Crippen LogP contribution is 2.30. The number of benzene rings is 3. The summed E-state index contributed by atoms with van der Waals surface area (Å²) >= 11 is 0. The fourth-order valence-corrected chi connectivity index (χ4v) is 2.55. The van der Waals surface area contributed by atoms with Gasteiger partial charge in [-0.2, -0.15) is 0 Å². The first-order valence-electron chi connectivity index (χ1n) is 7.24. The fourth-order valence-electron chi connectivity index (χ4n) is 2.55. The molecule has 2 heteroatoms. The van der Waals surface area contributed by atoms with Crippen LogP contribution < -0.4 is 0 Å². The molecule has 0 saturated carbocycles. The number of phenolic OH excluding ortho intramolecular Hbond substituents is 2. The van der Waals surface area contributed by atoms with Crippen molar-refractivity contribution in [2.45, 2.75) is 13.8 Å². The smallest absolute Gasteiger partial charge is 0.118 e. The molecule has 0 aliphatic carbocycles. The Morgan fingerprint density at radius 2 is 0.955 bits per heavy atom. The van der Waals surface area contributed by atoms with Gasteiger partial charge in [0.25, 0.3) is 0 Å². The molecule has 0 amide bonds. The predicted molar refractivity (Wildman–Crippen MR) is 90.1 cm³/mol. The van der Waals surface area contributed by atoms with Crippen molar-refractivity contribution >= 4 is 0 Å². The quantitative estimate of drug-likeness (QED) is 0.693. The third kappa shape index (κ3) is 2.68. The van der Waals surface area contributed by atoms with Crippen molar-refractivity contribution in [3.05, 3.63) is 71.8 Å². The second-order valence-corrected chi connectivity index (χ2v) is 5.58. The monoisotopic (exact) mass is 290 g/mol. The molecule has 3 aromatic carbocycles. The maximum Gasteiger partial charge on any atom is 0.118 e. The summed E-state index contributed by atoms with van der Waals surface area (Å²) in [5, 5.41) is 19.3. The molecule has 0 radical (unpaired) electrons. The summed E-state index contributed by atoms with van der Waals surface area (Å²) in [6.07, 6.45) is 0. The zero-order valence-electron chi connectivity index (χ0n) is 12.7. The molecule has 22 heavy (non-hydrogen) atoms. The molecule has 0 aromatic heterocycles. The molecule has 0 bridgehead atoms. The van der Waals surface area contributed by atoms with Gasteiger partial charge in [-0.1, -0.05) is 30.3 Å². The predicted octanol–water partition coefficient (Wildman–Crippen LogP) is 5.05. The Morgan fingerprint density at radius 3 is 1.36 bits per heavy atom. The van der Waals surface area contributed by atoms with E-state index in [9.17, 15) is 10.2 Å². The molecule has 3 aromatic rings. The van der Waals surface area contributed by atoms with Gasteiger partial charge in [-0.15, -0.1) is 0 Å². The van der Waals surface area contributed by atoms with Gasteiger partial charge in [0.1, 0.15) is 11.5 Å². The second-order valence-electron chi connectivity index (χ2n) is 5.58. The number of phenols is 2. The summed E-state index contributed by atoms with van der Waals surface area (Å²) in [6, 6.07) is 19.5. The first-order valence-corrected chi connectivity index (χ1v) is 7.24. The Bertz CT molecular complexity index is 768. The number of aryl methyl sites for hydroxylation is 2. The Kier molecular flexibility index (Phi) is 3.60. The highest BCUT2D eigenvalue weighted by Gasteiger charge is 2.05. The van der Waals surface area contributed by atoms with Gasteiger partial charge >= 0.3 is 0 Å². The highest BCUT2D eigenvalue weighted by molar-refractivity contribution is 5.74. The van der Waals surface area contributed by atoms with E-state index in [1.54, 1.807) is 12.1 Å². The third-order valence-corrected chi connectivity index (χ3v) is 3.92. The van der Waals surface area contributed by atoms with E-state index >= 15 is 0 Å². The largest absolute Gasteiger partial charge is 0.508 e. The number of hydrogen-bond acceptors (Lipinski definition) is 2. The molecule has 2 nitrogen and oxygen atoms in total. The summed E-state index contributed by atoms with van der Waals surface area (Å²) in [5.41, 5.74) is 6.09. The zero-order chi connectivity index (χ0) is 15.7. The molecule has 2 N–H and O–H groups in total. The van der Waals surface area contributed by atoms with Crippen molar-refractivity contribution in [2.24, 2.45) is 0 Å². The minimum atomic E-state index is 0.314. The van der Waals surface area contributed by atoms with Crippen LogP contribution in [0.2, 0.25) is 0 Å². The minimum Gasteiger partial charge on any atom is -0.508 e. The van der Waals surface area contributed by atoms with Gasteiger partial charge in [0.05, 0.1) is 0 Å². The second kappa shape index (κ2) is 5.57. The van der Waals surface area contributed by atoms with Gasteiger partial charge in [0, 0.05) is 0 Å². The SMILES string of the molecule is Cc1cc(-c2cccc(-c3ccc(O)c(C)c3)c2)ccc1O. The normalized spacial score (nSPS) is 10.6. The lowest BCUT2D eigenvalue weighted by atomic mass is 9.97. The molecule has 0 saturated heterocycles. The molecule has 0 fully saturated rings. The molecular formula is C20H18O2. The maximum absolute atomic E-state index is 9.66. The van der Waals surface area contributed by atoms with Crippen molar-refractivity contribution in [1.82, 2.24) is 0 Å². The van der Waals surface area contributed by atoms with Gasteiger partial charge in [0.15, 0.2) is 0 Å². The highest BCUT2D eigenvalue weighted by atomic mass is 16.3. The van der Waals surface area contributed by atoms with Crippen molar-refractivity contribution in [3.8, 4) is 33.8 Å². The van der Waals surface area contributed by atoms with Gasteiger partial charge in [-0.3, -0.25) is 0 Å². The lowest BCUT2D eigenvalue weighted by molar-refractivity contribution is 0.471. The van der Waals surface area contributed by atoms with Crippen LogP contribution in [0, 0.1) is 13.8 Å². The molecule has 110 valence electrons. The van der Waals surface area contributed by atoms with Gasteiger partial charge in [0.2, 0.25) is 0 Å². The van der Waals surface area contributed by atoms with E-state index in [4.69, 9.17) is 0 Å². The van der Waals surface area contributed by atoms with Crippen molar-refractivity contribution in [2.75, 3.05) is 0 Å². The van der Waals surface area contributed by atoms with Crippen LogP contribution in [-0.2, 0) is 0 Å². The Morgan fingerprint density at radius 1 is 0.545 bits per heavy atom. The van der Waals surface area contributed by atoms with Crippen LogP contribution in [0.15, 0.2) is 60.7 Å².